The molecule has 0 aliphatic heterocycles. The lowest BCUT2D eigenvalue weighted by molar-refractivity contribution is 0.0262. The lowest BCUT2D eigenvalue weighted by Gasteiger charge is -2.19. The van der Waals surface area contributed by atoms with Crippen LogP contribution in [0.3, 0.4) is 0 Å². The zero-order chi connectivity index (χ0) is 7.56. The van der Waals surface area contributed by atoms with Crippen molar-refractivity contribution in [2.45, 2.75) is 44.8 Å². The van der Waals surface area contributed by atoms with E-state index in [0.29, 0.717) is 0 Å². The van der Waals surface area contributed by atoms with Crippen molar-refractivity contribution < 1.29 is 10.2 Å². The summed E-state index contributed by atoms with van der Waals surface area (Å²) in [5.74, 6) is 0.0718. The third kappa shape index (κ3) is 1.70. The van der Waals surface area contributed by atoms with E-state index in [-0.39, 0.29) is 18.1 Å². The predicted molar refractivity (Wildman–Crippen MR) is 39.6 cm³/mol. The molecule has 1 rings (SSSR count). The molecule has 0 unspecified atom stereocenters. The molecule has 2 N–H and O–H groups in total. The summed E-state index contributed by atoms with van der Waals surface area (Å²) in [7, 11) is 0. The Kier molecular flexibility index (Phi) is 2.69. The van der Waals surface area contributed by atoms with Crippen LogP contribution in [-0.4, -0.2) is 22.4 Å². The van der Waals surface area contributed by atoms with Gasteiger partial charge in [-0.15, -0.1) is 0 Å². The van der Waals surface area contributed by atoms with Gasteiger partial charge in [0.2, 0.25) is 0 Å². The second kappa shape index (κ2) is 3.35. The van der Waals surface area contributed by atoms with Crippen molar-refractivity contribution >= 4 is 0 Å². The van der Waals surface area contributed by atoms with E-state index in [1.165, 1.54) is 0 Å². The topological polar surface area (TPSA) is 40.5 Å². The molecule has 1 fully saturated rings. The molecule has 0 aromatic heterocycles. The molecule has 10 heavy (non-hydrogen) atoms. The molecule has 2 heteroatoms. The van der Waals surface area contributed by atoms with Crippen molar-refractivity contribution in [2.75, 3.05) is 0 Å². The first kappa shape index (κ1) is 8.02. The van der Waals surface area contributed by atoms with Gasteiger partial charge < -0.3 is 10.2 Å². The van der Waals surface area contributed by atoms with Crippen LogP contribution in [0, 0.1) is 5.92 Å². The molecule has 0 amide bonds. The van der Waals surface area contributed by atoms with Gasteiger partial charge >= 0.3 is 0 Å². The fourth-order valence-corrected chi connectivity index (χ4v) is 1.49. The van der Waals surface area contributed by atoms with Crippen LogP contribution < -0.4 is 0 Å². The van der Waals surface area contributed by atoms with Crippen molar-refractivity contribution in [3.63, 3.8) is 0 Å². The van der Waals surface area contributed by atoms with Crippen LogP contribution in [0.15, 0.2) is 0 Å². The van der Waals surface area contributed by atoms with Crippen LogP contribution in [0.4, 0.5) is 0 Å². The highest BCUT2D eigenvalue weighted by Crippen LogP contribution is 2.22. The Morgan fingerprint density at radius 1 is 1.00 bits per heavy atom. The van der Waals surface area contributed by atoms with E-state index >= 15 is 0 Å². The third-order valence-electron chi connectivity index (χ3n) is 2.46. The fourth-order valence-electron chi connectivity index (χ4n) is 1.49. The van der Waals surface area contributed by atoms with Gasteiger partial charge in [0, 0.05) is 5.92 Å². The average Bonchev–Trinajstić information content (AvgIpc) is 2.04. The summed E-state index contributed by atoms with van der Waals surface area (Å²) in [4.78, 5) is 0. The maximum atomic E-state index is 9.37. The highest BCUT2D eigenvalue weighted by molar-refractivity contribution is 4.75. The zero-order valence-electron chi connectivity index (χ0n) is 6.45. The van der Waals surface area contributed by atoms with Gasteiger partial charge in [0.25, 0.3) is 0 Å². The van der Waals surface area contributed by atoms with Gasteiger partial charge in [0.05, 0.1) is 12.2 Å². The molecule has 0 spiro atoms. The Hall–Kier alpha value is -0.0800. The van der Waals surface area contributed by atoms with Gasteiger partial charge in [-0.2, -0.15) is 0 Å². The number of hydrogen-bond donors (Lipinski definition) is 2. The van der Waals surface area contributed by atoms with E-state index in [1.807, 2.05) is 6.92 Å². The maximum absolute atomic E-state index is 9.37. The fraction of sp³-hybridized carbons (Fsp3) is 1.00. The Labute approximate surface area is 61.9 Å². The Morgan fingerprint density at radius 3 is 1.80 bits per heavy atom. The van der Waals surface area contributed by atoms with E-state index in [0.717, 1.165) is 25.7 Å². The molecule has 2 nitrogen and oxygen atoms in total. The van der Waals surface area contributed by atoms with E-state index in [4.69, 9.17) is 0 Å². The van der Waals surface area contributed by atoms with E-state index < -0.39 is 0 Å². The van der Waals surface area contributed by atoms with Crippen LogP contribution >= 0.6 is 0 Å². The minimum absolute atomic E-state index is 0.0718. The Balaban J connectivity index is 2.46. The van der Waals surface area contributed by atoms with Crippen LogP contribution in [-0.2, 0) is 0 Å². The van der Waals surface area contributed by atoms with Gasteiger partial charge in [-0.3, -0.25) is 0 Å². The van der Waals surface area contributed by atoms with Crippen LogP contribution in [0.5, 0.6) is 0 Å². The average molecular weight is 144 g/mol. The molecular weight excluding hydrogens is 128 g/mol. The second-order valence-corrected chi connectivity index (χ2v) is 3.28. The van der Waals surface area contributed by atoms with E-state index in [2.05, 4.69) is 0 Å². The maximum Gasteiger partial charge on any atom is 0.0590 e. The van der Waals surface area contributed by atoms with Gasteiger partial charge in [0.15, 0.2) is 0 Å². The first-order chi connectivity index (χ1) is 4.72. The summed E-state index contributed by atoms with van der Waals surface area (Å²) in [6.45, 7) is 1.92. The van der Waals surface area contributed by atoms with Crippen LogP contribution in [0.2, 0.25) is 0 Å². The summed E-state index contributed by atoms with van der Waals surface area (Å²) in [6, 6.07) is 0. The van der Waals surface area contributed by atoms with Crippen molar-refractivity contribution in [1.29, 1.82) is 0 Å². The number of aliphatic hydroxyl groups is 2. The summed E-state index contributed by atoms with van der Waals surface area (Å²) in [6.07, 6.45) is 3.27. The van der Waals surface area contributed by atoms with E-state index in [9.17, 15) is 10.2 Å². The molecule has 0 bridgehead atoms. The monoisotopic (exact) mass is 144 g/mol. The van der Waals surface area contributed by atoms with Gasteiger partial charge in [-0.05, 0) is 12.8 Å². The Morgan fingerprint density at radius 2 is 1.40 bits per heavy atom. The minimum atomic E-state index is -0.280. The summed E-state index contributed by atoms with van der Waals surface area (Å²) in [5, 5.41) is 18.7. The van der Waals surface area contributed by atoms with Crippen molar-refractivity contribution in [3.05, 3.63) is 0 Å². The molecule has 0 aromatic carbocycles. The molecular formula is C8H16O2. The molecule has 0 saturated heterocycles. The van der Waals surface area contributed by atoms with E-state index in [1.54, 1.807) is 0 Å². The van der Waals surface area contributed by atoms with Crippen molar-refractivity contribution in [1.82, 2.24) is 0 Å². The minimum Gasteiger partial charge on any atom is -0.393 e. The zero-order valence-corrected chi connectivity index (χ0v) is 6.45. The second-order valence-electron chi connectivity index (χ2n) is 3.28. The Bertz CT molecular complexity index is 91.4. The lowest BCUT2D eigenvalue weighted by atomic mass is 9.97. The SMILES string of the molecule is CC1[C@H](O)CCCC[C@H]1O. The molecule has 0 aromatic rings. The highest BCUT2D eigenvalue weighted by Gasteiger charge is 2.24. The predicted octanol–water partition coefficient (Wildman–Crippen LogP) is 0.918. The molecule has 60 valence electrons. The molecule has 0 radical (unpaired) electrons. The standard InChI is InChI=1S/C8H16O2/c1-6-7(9)4-2-3-5-8(6)10/h6-10H,2-5H2,1H3/t7-,8-/m1/s1. The first-order valence-corrected chi connectivity index (χ1v) is 4.08. The summed E-state index contributed by atoms with van der Waals surface area (Å²) < 4.78 is 0. The largest absolute Gasteiger partial charge is 0.393 e. The van der Waals surface area contributed by atoms with Crippen LogP contribution in [0.25, 0.3) is 0 Å². The summed E-state index contributed by atoms with van der Waals surface area (Å²) >= 11 is 0. The molecule has 1 aliphatic carbocycles. The summed E-state index contributed by atoms with van der Waals surface area (Å²) in [5.41, 5.74) is 0. The lowest BCUT2D eigenvalue weighted by Crippen LogP contribution is -2.26. The van der Waals surface area contributed by atoms with Crippen LogP contribution in [0.1, 0.15) is 32.6 Å². The normalized spacial score (nSPS) is 37.5. The van der Waals surface area contributed by atoms with Crippen molar-refractivity contribution in [3.8, 4) is 0 Å². The van der Waals surface area contributed by atoms with Gasteiger partial charge in [0.1, 0.15) is 0 Å². The molecule has 1 aliphatic rings. The number of hydrogen-bond acceptors (Lipinski definition) is 2. The smallest absolute Gasteiger partial charge is 0.0590 e. The number of rotatable bonds is 0. The highest BCUT2D eigenvalue weighted by atomic mass is 16.3. The van der Waals surface area contributed by atoms with Gasteiger partial charge in [-0.25, -0.2) is 0 Å². The number of aliphatic hydroxyl groups excluding tert-OH is 2. The quantitative estimate of drug-likeness (QED) is 0.496. The molecule has 2 atom stereocenters. The van der Waals surface area contributed by atoms with Gasteiger partial charge in [-0.1, -0.05) is 19.8 Å². The first-order valence-electron chi connectivity index (χ1n) is 4.08. The third-order valence-corrected chi connectivity index (χ3v) is 2.46. The van der Waals surface area contributed by atoms with Crippen molar-refractivity contribution in [2.24, 2.45) is 5.92 Å². The molecule has 0 heterocycles. The molecule has 1 saturated carbocycles.